The first-order valence-corrected chi connectivity index (χ1v) is 12.6. The topological polar surface area (TPSA) is 133 Å². The molecule has 1 fully saturated rings. The molecule has 1 unspecified atom stereocenters. The zero-order valence-electron chi connectivity index (χ0n) is 19.9. The third-order valence-electron chi connectivity index (χ3n) is 5.55. The maximum atomic E-state index is 12.5. The van der Waals surface area contributed by atoms with Crippen LogP contribution in [0.3, 0.4) is 0 Å². The number of rotatable bonds is 9. The quantitative estimate of drug-likeness (QED) is 0.478. The van der Waals surface area contributed by atoms with Gasteiger partial charge in [-0.2, -0.15) is 4.31 Å². The highest BCUT2D eigenvalue weighted by Gasteiger charge is 2.28. The molecule has 1 aliphatic rings. The van der Waals surface area contributed by atoms with Crippen molar-refractivity contribution in [1.29, 1.82) is 0 Å². The van der Waals surface area contributed by atoms with Gasteiger partial charge in [0.1, 0.15) is 6.54 Å². The summed E-state index contributed by atoms with van der Waals surface area (Å²) >= 11 is 0. The molecule has 34 heavy (non-hydrogen) atoms. The zero-order valence-corrected chi connectivity index (χ0v) is 20.8. The monoisotopic (exact) mass is 496 g/mol. The smallest absolute Gasteiger partial charge is 0.326 e. The molecule has 1 saturated heterocycles. The fourth-order valence-electron chi connectivity index (χ4n) is 3.53. The van der Waals surface area contributed by atoms with Gasteiger partial charge < -0.3 is 19.9 Å². The van der Waals surface area contributed by atoms with Crippen LogP contribution < -0.4 is 5.32 Å². The van der Waals surface area contributed by atoms with Crippen molar-refractivity contribution in [3.63, 3.8) is 0 Å². The van der Waals surface area contributed by atoms with Gasteiger partial charge in [-0.3, -0.25) is 19.2 Å². The molecular weight excluding hydrogens is 464 g/mol. The number of ether oxygens (including phenoxy) is 1. The molecule has 1 atom stereocenters. The lowest BCUT2D eigenvalue weighted by atomic mass is 10.2. The summed E-state index contributed by atoms with van der Waals surface area (Å²) in [7, 11) is -3.64. The first-order chi connectivity index (χ1) is 16.0. The summed E-state index contributed by atoms with van der Waals surface area (Å²) in [4.78, 5) is 51.5. The summed E-state index contributed by atoms with van der Waals surface area (Å²) < 4.78 is 31.5. The van der Waals surface area contributed by atoms with Crippen molar-refractivity contribution in [1.82, 2.24) is 19.4 Å². The van der Waals surface area contributed by atoms with Crippen molar-refractivity contribution in [3.8, 4) is 0 Å². The number of nitrogens with zero attached hydrogens (tertiary/aromatic N) is 3. The highest BCUT2D eigenvalue weighted by atomic mass is 32.2. The van der Waals surface area contributed by atoms with E-state index in [1.807, 2.05) is 0 Å². The molecule has 1 aromatic rings. The van der Waals surface area contributed by atoms with Gasteiger partial charge >= 0.3 is 5.97 Å². The number of hydrogen-bond acceptors (Lipinski definition) is 7. The highest BCUT2D eigenvalue weighted by molar-refractivity contribution is 7.89. The van der Waals surface area contributed by atoms with E-state index >= 15 is 0 Å². The van der Waals surface area contributed by atoms with E-state index in [-0.39, 0.29) is 22.3 Å². The molecule has 0 aromatic heterocycles. The molecule has 0 radical (unpaired) electrons. The van der Waals surface area contributed by atoms with Crippen molar-refractivity contribution >= 4 is 33.7 Å². The van der Waals surface area contributed by atoms with E-state index in [0.717, 1.165) is 0 Å². The van der Waals surface area contributed by atoms with Crippen LogP contribution >= 0.6 is 0 Å². The lowest BCUT2D eigenvalue weighted by Crippen LogP contribution is -2.52. The van der Waals surface area contributed by atoms with Crippen LogP contribution in [0.4, 0.5) is 0 Å². The third-order valence-corrected chi connectivity index (χ3v) is 7.61. The molecular formula is C22H32N4O7S. The molecule has 1 aliphatic heterocycles. The number of piperazine rings is 1. The lowest BCUT2D eigenvalue weighted by Gasteiger charge is -2.35. The zero-order chi connectivity index (χ0) is 25.5. The lowest BCUT2D eigenvalue weighted by molar-refractivity contribution is -0.159. The molecule has 1 aromatic carbocycles. The Morgan fingerprint density at radius 3 is 2.03 bits per heavy atom. The van der Waals surface area contributed by atoms with E-state index in [1.54, 1.807) is 18.7 Å². The molecule has 0 saturated carbocycles. The predicted octanol–water partition coefficient (Wildman–Crippen LogP) is 0.0693. The van der Waals surface area contributed by atoms with Crippen LogP contribution in [0.15, 0.2) is 29.2 Å². The van der Waals surface area contributed by atoms with Gasteiger partial charge in [0.15, 0.2) is 6.10 Å². The summed E-state index contributed by atoms with van der Waals surface area (Å²) in [5.41, 5.74) is 0.179. The molecule has 1 heterocycles. The molecule has 0 spiro atoms. The van der Waals surface area contributed by atoms with Gasteiger partial charge in [-0.15, -0.1) is 0 Å². The molecule has 12 heteroatoms. The van der Waals surface area contributed by atoms with Gasteiger partial charge in [0, 0.05) is 51.8 Å². The maximum Gasteiger partial charge on any atom is 0.326 e. The number of carbonyl (C=O) groups excluding carboxylic acids is 4. The minimum atomic E-state index is -3.64. The number of carbonyl (C=O) groups is 4. The number of benzene rings is 1. The second kappa shape index (κ2) is 11.9. The van der Waals surface area contributed by atoms with Crippen molar-refractivity contribution < 1.29 is 32.3 Å². The van der Waals surface area contributed by atoms with Gasteiger partial charge in [0.25, 0.3) is 11.8 Å². The van der Waals surface area contributed by atoms with Crippen LogP contribution in [0, 0.1) is 0 Å². The van der Waals surface area contributed by atoms with E-state index in [0.29, 0.717) is 39.3 Å². The van der Waals surface area contributed by atoms with E-state index in [2.05, 4.69) is 5.32 Å². The average molecular weight is 497 g/mol. The average Bonchev–Trinajstić information content (AvgIpc) is 2.82. The second-order valence-electron chi connectivity index (χ2n) is 7.76. The fourth-order valence-corrected chi connectivity index (χ4v) is 4.99. The summed E-state index contributed by atoms with van der Waals surface area (Å²) in [6.45, 7) is 8.18. The Bertz CT molecular complexity index is 999. The van der Waals surface area contributed by atoms with Crippen molar-refractivity contribution in [3.05, 3.63) is 29.8 Å². The Hall–Kier alpha value is -2.99. The molecule has 0 bridgehead atoms. The molecule has 2 rings (SSSR count). The summed E-state index contributed by atoms with van der Waals surface area (Å²) in [6.07, 6.45) is -1.03. The number of nitrogens with one attached hydrogen (secondary N) is 1. The predicted molar refractivity (Wildman–Crippen MR) is 123 cm³/mol. The van der Waals surface area contributed by atoms with Crippen molar-refractivity contribution in [2.75, 3.05) is 45.8 Å². The Labute approximate surface area is 200 Å². The molecule has 3 amide bonds. The van der Waals surface area contributed by atoms with Gasteiger partial charge in [0.05, 0.1) is 4.90 Å². The summed E-state index contributed by atoms with van der Waals surface area (Å²) in [5.74, 6) is -1.78. The van der Waals surface area contributed by atoms with Crippen LogP contribution in [0.25, 0.3) is 0 Å². The SMILES string of the molecule is CCN(CC)S(=O)(=O)c1ccc(C(=O)NCC(=O)OC(C)C(=O)N2CCN(C(C)=O)CC2)cc1. The van der Waals surface area contributed by atoms with Gasteiger partial charge in [-0.05, 0) is 31.2 Å². The van der Waals surface area contributed by atoms with E-state index < -0.39 is 34.5 Å². The van der Waals surface area contributed by atoms with Crippen LogP contribution in [-0.2, 0) is 29.1 Å². The van der Waals surface area contributed by atoms with Crippen LogP contribution in [-0.4, -0.2) is 98.1 Å². The molecule has 1 N–H and O–H groups in total. The maximum absolute atomic E-state index is 12.5. The fraction of sp³-hybridized carbons (Fsp3) is 0.545. The Balaban J connectivity index is 1.85. The van der Waals surface area contributed by atoms with E-state index in [9.17, 15) is 27.6 Å². The standard InChI is InChI=1S/C22H32N4O7S/c1-5-26(6-2)34(31,32)19-9-7-18(8-10-19)21(29)23-15-20(28)33-16(3)22(30)25-13-11-24(12-14-25)17(4)27/h7-10,16H,5-6,11-15H2,1-4H3,(H,23,29). The molecule has 188 valence electrons. The second-order valence-corrected chi connectivity index (χ2v) is 9.70. The molecule has 11 nitrogen and oxygen atoms in total. The van der Waals surface area contributed by atoms with E-state index in [4.69, 9.17) is 4.74 Å². The van der Waals surface area contributed by atoms with Gasteiger partial charge in [-0.1, -0.05) is 13.8 Å². The Morgan fingerprint density at radius 1 is 1.00 bits per heavy atom. The number of esters is 1. The molecule has 0 aliphatic carbocycles. The number of hydrogen-bond donors (Lipinski definition) is 1. The van der Waals surface area contributed by atoms with Crippen LogP contribution in [0.2, 0.25) is 0 Å². The largest absolute Gasteiger partial charge is 0.451 e. The normalized spacial score (nSPS) is 15.1. The Kier molecular flexibility index (Phi) is 9.56. The first kappa shape index (κ1) is 27.3. The summed E-state index contributed by atoms with van der Waals surface area (Å²) in [5, 5.41) is 2.40. The minimum absolute atomic E-state index is 0.0533. The van der Waals surface area contributed by atoms with Gasteiger partial charge in [-0.25, -0.2) is 8.42 Å². The van der Waals surface area contributed by atoms with E-state index in [1.165, 1.54) is 47.3 Å². The highest BCUT2D eigenvalue weighted by Crippen LogP contribution is 2.16. The van der Waals surface area contributed by atoms with Crippen molar-refractivity contribution in [2.24, 2.45) is 0 Å². The van der Waals surface area contributed by atoms with Gasteiger partial charge in [0.2, 0.25) is 15.9 Å². The first-order valence-electron chi connectivity index (χ1n) is 11.1. The van der Waals surface area contributed by atoms with Crippen molar-refractivity contribution in [2.45, 2.75) is 38.7 Å². The number of sulfonamides is 1. The number of amides is 3. The summed E-state index contributed by atoms with van der Waals surface area (Å²) in [6, 6.07) is 5.41. The van der Waals surface area contributed by atoms with Crippen LogP contribution in [0.5, 0.6) is 0 Å². The third kappa shape index (κ3) is 6.76. The van der Waals surface area contributed by atoms with Crippen LogP contribution in [0.1, 0.15) is 38.1 Å². The Morgan fingerprint density at radius 2 is 1.53 bits per heavy atom. The minimum Gasteiger partial charge on any atom is -0.451 e.